The van der Waals surface area contributed by atoms with Gasteiger partial charge in [-0.2, -0.15) is 0 Å². The highest BCUT2D eigenvalue weighted by Crippen LogP contribution is 2.34. The Balaban J connectivity index is 2.14. The Morgan fingerprint density at radius 1 is 1.27 bits per heavy atom. The van der Waals surface area contributed by atoms with Crippen molar-refractivity contribution < 1.29 is 4.79 Å². The van der Waals surface area contributed by atoms with Crippen LogP contribution >= 0.6 is 0 Å². The fourth-order valence-electron chi connectivity index (χ4n) is 2.92. The molecule has 2 aliphatic rings. The summed E-state index contributed by atoms with van der Waals surface area (Å²) in [6, 6.07) is 0. The molecule has 2 nitrogen and oxygen atoms in total. The monoisotopic (exact) mass is 207 g/mol. The van der Waals surface area contributed by atoms with E-state index < -0.39 is 0 Å². The number of allylic oxidation sites excluding steroid dienone is 1. The van der Waals surface area contributed by atoms with Gasteiger partial charge >= 0.3 is 0 Å². The second-order valence-corrected chi connectivity index (χ2v) is 4.84. The summed E-state index contributed by atoms with van der Waals surface area (Å²) in [4.78, 5) is 12.4. The van der Waals surface area contributed by atoms with Crippen LogP contribution in [0.1, 0.15) is 51.4 Å². The Morgan fingerprint density at radius 2 is 2.00 bits per heavy atom. The van der Waals surface area contributed by atoms with Crippen molar-refractivity contribution in [1.82, 2.24) is 5.32 Å². The fourth-order valence-corrected chi connectivity index (χ4v) is 2.92. The van der Waals surface area contributed by atoms with Gasteiger partial charge in [0.05, 0.1) is 5.54 Å². The van der Waals surface area contributed by atoms with E-state index in [0.717, 1.165) is 31.3 Å². The van der Waals surface area contributed by atoms with Crippen LogP contribution in [0.2, 0.25) is 0 Å². The molecule has 2 rings (SSSR count). The molecule has 0 amide bonds. The number of hydrogen-bond donors (Lipinski definition) is 1. The SMILES string of the molecule is CNC1(C(=O)C2=CCCCC2)CCCC1. The van der Waals surface area contributed by atoms with Crippen LogP contribution in [-0.4, -0.2) is 18.4 Å². The number of likely N-dealkylation sites (N-methyl/N-ethyl adjacent to an activating group) is 1. The second kappa shape index (κ2) is 4.48. The molecule has 0 aromatic rings. The molecule has 0 aliphatic heterocycles. The van der Waals surface area contributed by atoms with Crippen LogP contribution in [0.5, 0.6) is 0 Å². The van der Waals surface area contributed by atoms with E-state index in [1.54, 1.807) is 0 Å². The molecule has 15 heavy (non-hydrogen) atoms. The molecule has 1 fully saturated rings. The lowest BCUT2D eigenvalue weighted by Crippen LogP contribution is -2.48. The lowest BCUT2D eigenvalue weighted by molar-refractivity contribution is -0.121. The predicted octanol–water partition coefficient (Wildman–Crippen LogP) is 2.59. The Morgan fingerprint density at radius 3 is 2.53 bits per heavy atom. The van der Waals surface area contributed by atoms with E-state index in [1.165, 1.54) is 25.7 Å². The molecule has 1 saturated carbocycles. The van der Waals surface area contributed by atoms with Crippen molar-refractivity contribution in [2.45, 2.75) is 56.9 Å². The number of carbonyl (C=O) groups is 1. The van der Waals surface area contributed by atoms with Crippen molar-refractivity contribution in [3.63, 3.8) is 0 Å². The molecular formula is C13H21NO. The minimum Gasteiger partial charge on any atom is -0.308 e. The second-order valence-electron chi connectivity index (χ2n) is 4.84. The van der Waals surface area contributed by atoms with E-state index in [-0.39, 0.29) is 5.54 Å². The van der Waals surface area contributed by atoms with E-state index in [0.29, 0.717) is 5.78 Å². The van der Waals surface area contributed by atoms with Gasteiger partial charge in [-0.3, -0.25) is 4.79 Å². The van der Waals surface area contributed by atoms with Gasteiger partial charge in [-0.1, -0.05) is 18.9 Å². The third kappa shape index (κ3) is 2.00. The molecule has 2 heteroatoms. The minimum absolute atomic E-state index is 0.205. The van der Waals surface area contributed by atoms with Gasteiger partial charge in [-0.05, 0) is 51.1 Å². The summed E-state index contributed by atoms with van der Waals surface area (Å²) in [5.74, 6) is 0.391. The Hall–Kier alpha value is -0.630. The third-order valence-electron chi connectivity index (χ3n) is 3.95. The Labute approximate surface area is 92.1 Å². The normalized spacial score (nSPS) is 25.0. The van der Waals surface area contributed by atoms with E-state index in [1.807, 2.05) is 7.05 Å². The van der Waals surface area contributed by atoms with Crippen LogP contribution in [0.25, 0.3) is 0 Å². The maximum atomic E-state index is 12.4. The Bertz CT molecular complexity index is 274. The topological polar surface area (TPSA) is 29.1 Å². The Kier molecular flexibility index (Phi) is 3.25. The molecule has 0 radical (unpaired) electrons. The van der Waals surface area contributed by atoms with Gasteiger partial charge in [0.2, 0.25) is 0 Å². The van der Waals surface area contributed by atoms with Gasteiger partial charge in [0, 0.05) is 0 Å². The van der Waals surface area contributed by atoms with E-state index in [2.05, 4.69) is 11.4 Å². The molecule has 0 spiro atoms. The van der Waals surface area contributed by atoms with Crippen LogP contribution < -0.4 is 5.32 Å². The number of hydrogen-bond acceptors (Lipinski definition) is 2. The molecule has 0 aromatic heterocycles. The van der Waals surface area contributed by atoms with Crippen LogP contribution in [0.3, 0.4) is 0 Å². The average molecular weight is 207 g/mol. The summed E-state index contributed by atoms with van der Waals surface area (Å²) in [5.41, 5.74) is 0.890. The molecular weight excluding hydrogens is 186 g/mol. The highest BCUT2D eigenvalue weighted by Gasteiger charge is 2.40. The number of ketones is 1. The fraction of sp³-hybridized carbons (Fsp3) is 0.769. The largest absolute Gasteiger partial charge is 0.308 e. The first kappa shape index (κ1) is 10.9. The first-order valence-electron chi connectivity index (χ1n) is 6.21. The quantitative estimate of drug-likeness (QED) is 0.770. The van der Waals surface area contributed by atoms with Gasteiger partial charge in [-0.15, -0.1) is 0 Å². The standard InChI is InChI=1S/C13H21NO/c1-14-13(9-5-6-10-13)12(15)11-7-3-2-4-8-11/h7,14H,2-6,8-10H2,1H3. The van der Waals surface area contributed by atoms with Gasteiger partial charge in [0.15, 0.2) is 5.78 Å². The van der Waals surface area contributed by atoms with Gasteiger partial charge in [0.25, 0.3) is 0 Å². The van der Waals surface area contributed by atoms with Crippen molar-refractivity contribution >= 4 is 5.78 Å². The molecule has 0 atom stereocenters. The van der Waals surface area contributed by atoms with Crippen LogP contribution in [0.4, 0.5) is 0 Å². The van der Waals surface area contributed by atoms with Gasteiger partial charge < -0.3 is 5.32 Å². The first-order valence-corrected chi connectivity index (χ1v) is 6.21. The number of carbonyl (C=O) groups excluding carboxylic acids is 1. The number of nitrogens with one attached hydrogen (secondary N) is 1. The summed E-state index contributed by atoms with van der Waals surface area (Å²) in [6.45, 7) is 0. The zero-order valence-electron chi connectivity index (χ0n) is 9.64. The van der Waals surface area contributed by atoms with Crippen LogP contribution in [0.15, 0.2) is 11.6 Å². The zero-order chi connectivity index (χ0) is 10.7. The van der Waals surface area contributed by atoms with Crippen LogP contribution in [0, 0.1) is 0 Å². The van der Waals surface area contributed by atoms with Crippen molar-refractivity contribution in [2.75, 3.05) is 7.05 Å². The third-order valence-corrected chi connectivity index (χ3v) is 3.95. The van der Waals surface area contributed by atoms with E-state index in [9.17, 15) is 4.79 Å². The summed E-state index contributed by atoms with van der Waals surface area (Å²) >= 11 is 0. The molecule has 1 N–H and O–H groups in total. The molecule has 0 aromatic carbocycles. The molecule has 0 unspecified atom stereocenters. The zero-order valence-corrected chi connectivity index (χ0v) is 9.64. The van der Waals surface area contributed by atoms with Crippen molar-refractivity contribution in [3.05, 3.63) is 11.6 Å². The lowest BCUT2D eigenvalue weighted by atomic mass is 9.83. The summed E-state index contributed by atoms with van der Waals surface area (Å²) < 4.78 is 0. The minimum atomic E-state index is -0.205. The van der Waals surface area contributed by atoms with Gasteiger partial charge in [0.1, 0.15) is 0 Å². The van der Waals surface area contributed by atoms with E-state index in [4.69, 9.17) is 0 Å². The molecule has 0 heterocycles. The number of rotatable bonds is 3. The highest BCUT2D eigenvalue weighted by molar-refractivity contribution is 6.02. The maximum absolute atomic E-state index is 12.4. The predicted molar refractivity (Wildman–Crippen MR) is 61.8 cm³/mol. The number of Topliss-reactive ketones (excluding diaryl/α,β-unsaturated/α-hetero) is 1. The average Bonchev–Trinajstić information content (AvgIpc) is 2.79. The lowest BCUT2D eigenvalue weighted by Gasteiger charge is -2.29. The highest BCUT2D eigenvalue weighted by atomic mass is 16.1. The first-order chi connectivity index (χ1) is 7.28. The van der Waals surface area contributed by atoms with Crippen molar-refractivity contribution in [2.24, 2.45) is 0 Å². The molecule has 84 valence electrons. The molecule has 0 saturated heterocycles. The summed E-state index contributed by atoms with van der Waals surface area (Å²) in [7, 11) is 1.94. The maximum Gasteiger partial charge on any atom is 0.178 e. The van der Waals surface area contributed by atoms with Crippen LogP contribution in [-0.2, 0) is 4.79 Å². The molecule has 0 bridgehead atoms. The van der Waals surface area contributed by atoms with Crippen molar-refractivity contribution in [1.29, 1.82) is 0 Å². The molecule has 2 aliphatic carbocycles. The summed E-state index contributed by atoms with van der Waals surface area (Å²) in [6.07, 6.45) is 11.2. The smallest absolute Gasteiger partial charge is 0.178 e. The van der Waals surface area contributed by atoms with Gasteiger partial charge in [-0.25, -0.2) is 0 Å². The van der Waals surface area contributed by atoms with E-state index >= 15 is 0 Å². The summed E-state index contributed by atoms with van der Waals surface area (Å²) in [5, 5.41) is 3.28. The van der Waals surface area contributed by atoms with Crippen molar-refractivity contribution in [3.8, 4) is 0 Å².